The Morgan fingerprint density at radius 3 is 2.62 bits per heavy atom. The van der Waals surface area contributed by atoms with Crippen molar-refractivity contribution < 1.29 is 4.79 Å². The number of carbonyl (C=O) groups is 1. The molecule has 0 bridgehead atoms. The smallest absolute Gasteiger partial charge is 0.260 e. The maximum Gasteiger partial charge on any atom is 0.260 e. The predicted octanol–water partition coefficient (Wildman–Crippen LogP) is 6.10. The fourth-order valence-corrected chi connectivity index (χ4v) is 4.61. The van der Waals surface area contributed by atoms with Crippen LogP contribution in [0.1, 0.15) is 15.9 Å². The summed E-state index contributed by atoms with van der Waals surface area (Å²) in [5, 5.41) is 3.98. The van der Waals surface area contributed by atoms with Gasteiger partial charge in [-0.1, -0.05) is 66.2 Å². The first-order valence-electron chi connectivity index (χ1n) is 10.7. The lowest BCUT2D eigenvalue weighted by Crippen LogP contribution is -2.34. The molecular weight excluding hydrogens is 418 g/mol. The van der Waals surface area contributed by atoms with E-state index in [4.69, 9.17) is 11.6 Å². The monoisotopic (exact) mass is 441 g/mol. The minimum absolute atomic E-state index is 0.115. The highest BCUT2D eigenvalue weighted by Gasteiger charge is 2.28. The van der Waals surface area contributed by atoms with Gasteiger partial charge >= 0.3 is 0 Å². The maximum absolute atomic E-state index is 13.8. The number of rotatable bonds is 2. The number of likely N-dealkylation sites (N-methyl/N-ethyl adjacent to an activating group) is 1. The van der Waals surface area contributed by atoms with Crippen molar-refractivity contribution in [2.45, 2.75) is 6.92 Å². The molecule has 0 saturated carbocycles. The molecular formula is C27H24ClN3O. The van der Waals surface area contributed by atoms with Crippen LogP contribution in [0.25, 0.3) is 11.1 Å². The van der Waals surface area contributed by atoms with E-state index in [9.17, 15) is 4.79 Å². The number of aryl methyl sites for hydroxylation is 1. The SMILES string of the molecule is Cc1ccccc1-c1ccc(C(=O)N2CC3=C(Nc4ccccc42)N(C)CC=C3)c(Cl)c1. The van der Waals surface area contributed by atoms with Crippen LogP contribution in [0.3, 0.4) is 0 Å². The summed E-state index contributed by atoms with van der Waals surface area (Å²) in [5.74, 6) is 0.909. The van der Waals surface area contributed by atoms with E-state index in [1.54, 1.807) is 0 Å². The molecule has 0 atom stereocenters. The highest BCUT2D eigenvalue weighted by molar-refractivity contribution is 6.35. The first kappa shape index (κ1) is 20.4. The fourth-order valence-electron chi connectivity index (χ4n) is 4.35. The molecule has 32 heavy (non-hydrogen) atoms. The molecule has 2 aliphatic rings. The molecule has 0 unspecified atom stereocenters. The second-order valence-corrected chi connectivity index (χ2v) is 8.61. The summed E-state index contributed by atoms with van der Waals surface area (Å²) in [7, 11) is 2.05. The Bertz CT molecular complexity index is 1280. The second-order valence-electron chi connectivity index (χ2n) is 8.20. The zero-order chi connectivity index (χ0) is 22.2. The van der Waals surface area contributed by atoms with Crippen molar-refractivity contribution in [3.05, 3.63) is 106 Å². The van der Waals surface area contributed by atoms with Gasteiger partial charge in [0, 0.05) is 19.2 Å². The van der Waals surface area contributed by atoms with Gasteiger partial charge in [-0.3, -0.25) is 4.79 Å². The van der Waals surface area contributed by atoms with Gasteiger partial charge in [0.05, 0.1) is 28.5 Å². The lowest BCUT2D eigenvalue weighted by atomic mass is 9.99. The van der Waals surface area contributed by atoms with E-state index in [1.807, 2.05) is 66.5 Å². The van der Waals surface area contributed by atoms with Crippen LogP contribution in [0.4, 0.5) is 11.4 Å². The van der Waals surface area contributed by atoms with E-state index in [0.717, 1.165) is 40.4 Å². The van der Waals surface area contributed by atoms with Gasteiger partial charge in [0.25, 0.3) is 5.91 Å². The van der Waals surface area contributed by atoms with Crippen molar-refractivity contribution in [2.24, 2.45) is 0 Å². The van der Waals surface area contributed by atoms with Crippen LogP contribution in [0.5, 0.6) is 0 Å². The number of hydrogen-bond acceptors (Lipinski definition) is 3. The Balaban J connectivity index is 1.55. The summed E-state index contributed by atoms with van der Waals surface area (Å²) in [4.78, 5) is 17.7. The average molecular weight is 442 g/mol. The predicted molar refractivity (Wildman–Crippen MR) is 132 cm³/mol. The van der Waals surface area contributed by atoms with E-state index < -0.39 is 0 Å². The quantitative estimate of drug-likeness (QED) is 0.521. The molecule has 0 fully saturated rings. The van der Waals surface area contributed by atoms with Gasteiger partial charge in [-0.15, -0.1) is 0 Å². The summed E-state index contributed by atoms with van der Waals surface area (Å²) < 4.78 is 0. The average Bonchev–Trinajstić information content (AvgIpc) is 2.97. The number of para-hydroxylation sites is 2. The van der Waals surface area contributed by atoms with Gasteiger partial charge in [0.1, 0.15) is 5.82 Å². The van der Waals surface area contributed by atoms with Crippen molar-refractivity contribution in [1.82, 2.24) is 4.90 Å². The zero-order valence-corrected chi connectivity index (χ0v) is 18.9. The van der Waals surface area contributed by atoms with Gasteiger partial charge < -0.3 is 15.1 Å². The maximum atomic E-state index is 13.8. The lowest BCUT2D eigenvalue weighted by Gasteiger charge is -2.27. The molecule has 3 aromatic rings. The van der Waals surface area contributed by atoms with Gasteiger partial charge in [-0.05, 0) is 47.9 Å². The van der Waals surface area contributed by atoms with Gasteiger partial charge in [0.2, 0.25) is 0 Å². The van der Waals surface area contributed by atoms with E-state index in [0.29, 0.717) is 17.1 Å². The second kappa shape index (κ2) is 8.21. The number of benzene rings is 3. The number of anilines is 2. The molecule has 2 aliphatic heterocycles. The molecule has 160 valence electrons. The highest BCUT2D eigenvalue weighted by atomic mass is 35.5. The van der Waals surface area contributed by atoms with Crippen molar-refractivity contribution in [3.8, 4) is 11.1 Å². The van der Waals surface area contributed by atoms with Crippen LogP contribution in [0, 0.1) is 6.92 Å². The van der Waals surface area contributed by atoms with Crippen molar-refractivity contribution >= 4 is 28.9 Å². The first-order valence-corrected chi connectivity index (χ1v) is 11.0. The minimum Gasteiger partial charge on any atom is -0.357 e. The highest BCUT2D eigenvalue weighted by Crippen LogP contribution is 2.36. The van der Waals surface area contributed by atoms with Crippen molar-refractivity contribution in [2.75, 3.05) is 30.4 Å². The number of nitrogens with zero attached hydrogens (tertiary/aromatic N) is 2. The van der Waals surface area contributed by atoms with Crippen LogP contribution in [0.2, 0.25) is 5.02 Å². The van der Waals surface area contributed by atoms with E-state index in [-0.39, 0.29) is 5.91 Å². The molecule has 0 aliphatic carbocycles. The number of fused-ring (bicyclic) bond motifs is 1. The van der Waals surface area contributed by atoms with Crippen LogP contribution < -0.4 is 10.2 Å². The van der Waals surface area contributed by atoms with Crippen molar-refractivity contribution in [1.29, 1.82) is 0 Å². The molecule has 3 aromatic carbocycles. The number of amides is 1. The molecule has 5 rings (SSSR count). The lowest BCUT2D eigenvalue weighted by molar-refractivity contribution is 0.0989. The Kier molecular flexibility index (Phi) is 5.24. The van der Waals surface area contributed by atoms with Gasteiger partial charge in [-0.2, -0.15) is 0 Å². The molecule has 0 radical (unpaired) electrons. The molecule has 1 N–H and O–H groups in total. The summed E-state index contributed by atoms with van der Waals surface area (Å²) in [6, 6.07) is 21.8. The first-order chi connectivity index (χ1) is 15.5. The molecule has 0 saturated heterocycles. The third-order valence-electron chi connectivity index (χ3n) is 6.06. The molecule has 0 aromatic heterocycles. The number of carbonyl (C=O) groups excluding carboxylic acids is 1. The number of halogens is 1. The molecule has 5 heteroatoms. The van der Waals surface area contributed by atoms with E-state index >= 15 is 0 Å². The van der Waals surface area contributed by atoms with Gasteiger partial charge in [-0.25, -0.2) is 0 Å². The molecule has 4 nitrogen and oxygen atoms in total. The largest absolute Gasteiger partial charge is 0.357 e. The third-order valence-corrected chi connectivity index (χ3v) is 6.37. The van der Waals surface area contributed by atoms with E-state index in [2.05, 4.69) is 41.4 Å². The number of hydrogen-bond donors (Lipinski definition) is 1. The normalized spacial score (nSPS) is 15.1. The topological polar surface area (TPSA) is 35.6 Å². The summed E-state index contributed by atoms with van der Waals surface area (Å²) in [6.07, 6.45) is 4.21. The van der Waals surface area contributed by atoms with Crippen LogP contribution >= 0.6 is 11.6 Å². The van der Waals surface area contributed by atoms with Crippen molar-refractivity contribution in [3.63, 3.8) is 0 Å². The Morgan fingerprint density at radius 1 is 1.03 bits per heavy atom. The van der Waals surface area contributed by atoms with Gasteiger partial charge in [0.15, 0.2) is 0 Å². The summed E-state index contributed by atoms with van der Waals surface area (Å²) in [6.45, 7) is 3.37. The summed E-state index contributed by atoms with van der Waals surface area (Å²) >= 11 is 6.68. The van der Waals surface area contributed by atoms with Crippen LogP contribution in [-0.4, -0.2) is 30.9 Å². The Morgan fingerprint density at radius 2 is 1.81 bits per heavy atom. The standard InChI is InChI=1S/C27H24ClN3O/c1-18-8-3-4-10-21(18)19-13-14-22(23(28)16-19)27(32)31-17-20-9-7-15-30(2)26(20)29-24-11-5-6-12-25(24)31/h3-14,16,29H,15,17H2,1-2H3. The molecule has 1 amide bonds. The third kappa shape index (κ3) is 3.57. The van der Waals surface area contributed by atoms with Crippen LogP contribution in [-0.2, 0) is 0 Å². The molecule has 0 spiro atoms. The van der Waals surface area contributed by atoms with E-state index in [1.165, 1.54) is 5.56 Å². The fraction of sp³-hybridized carbons (Fsp3) is 0.148. The Hall–Kier alpha value is -3.50. The summed E-state index contributed by atoms with van der Waals surface area (Å²) in [5.41, 5.74) is 6.59. The minimum atomic E-state index is -0.115. The van der Waals surface area contributed by atoms with Crippen LogP contribution in [0.15, 0.2) is 90.3 Å². The Labute approximate surface area is 193 Å². The molecule has 2 heterocycles. The zero-order valence-electron chi connectivity index (χ0n) is 18.1. The number of nitrogens with one attached hydrogen (secondary N) is 1.